The fourth-order valence-electron chi connectivity index (χ4n) is 2.94. The number of piperidine rings is 1. The second-order valence-electron chi connectivity index (χ2n) is 5.57. The average Bonchev–Trinajstić information content (AvgIpc) is 2.79. The highest BCUT2D eigenvalue weighted by atomic mass is 16.5. The number of hydrogen-bond acceptors (Lipinski definition) is 5. The minimum Gasteiger partial charge on any atom is -0.465 e. The molecule has 0 aliphatic carbocycles. The molecule has 0 spiro atoms. The predicted molar refractivity (Wildman–Crippen MR) is 76.5 cm³/mol. The highest BCUT2D eigenvalue weighted by Crippen LogP contribution is 2.23. The van der Waals surface area contributed by atoms with Crippen LogP contribution in [0.15, 0.2) is 10.5 Å². The average molecular weight is 280 g/mol. The minimum atomic E-state index is -0.347. The number of esters is 1. The van der Waals surface area contributed by atoms with Crippen LogP contribution in [0.25, 0.3) is 0 Å². The quantitative estimate of drug-likeness (QED) is 0.855. The molecule has 112 valence electrons. The Balaban J connectivity index is 2.10. The molecule has 20 heavy (non-hydrogen) atoms. The molecule has 2 atom stereocenters. The molecule has 1 aromatic heterocycles. The van der Waals surface area contributed by atoms with Gasteiger partial charge in [-0.2, -0.15) is 0 Å². The number of aryl methyl sites for hydroxylation is 1. The number of carbonyl (C=O) groups is 1. The third kappa shape index (κ3) is 3.22. The van der Waals surface area contributed by atoms with Gasteiger partial charge in [-0.05, 0) is 39.3 Å². The van der Waals surface area contributed by atoms with Crippen molar-refractivity contribution in [3.05, 3.63) is 23.2 Å². The van der Waals surface area contributed by atoms with Crippen molar-refractivity contribution in [1.29, 1.82) is 0 Å². The zero-order valence-electron chi connectivity index (χ0n) is 12.5. The molecule has 5 nitrogen and oxygen atoms in total. The minimum absolute atomic E-state index is 0.145. The number of methoxy groups -OCH3 is 1. The maximum Gasteiger partial charge on any atom is 0.341 e. The summed E-state index contributed by atoms with van der Waals surface area (Å²) in [5.74, 6) is 1.07. The molecule has 2 N–H and O–H groups in total. The Morgan fingerprint density at radius 3 is 3.00 bits per heavy atom. The van der Waals surface area contributed by atoms with Crippen LogP contribution in [0.5, 0.6) is 0 Å². The molecule has 2 heterocycles. The lowest BCUT2D eigenvalue weighted by molar-refractivity contribution is 0.0599. The Labute approximate surface area is 120 Å². The number of furan rings is 1. The van der Waals surface area contributed by atoms with Gasteiger partial charge in [-0.15, -0.1) is 0 Å². The SMILES string of the molecule is COC(=O)c1cc(CN2CCCCC2C(C)N)oc1C. The first-order valence-electron chi connectivity index (χ1n) is 7.20. The van der Waals surface area contributed by atoms with Crippen molar-refractivity contribution in [2.75, 3.05) is 13.7 Å². The Morgan fingerprint density at radius 1 is 1.60 bits per heavy atom. The molecule has 1 aromatic rings. The van der Waals surface area contributed by atoms with Gasteiger partial charge in [-0.25, -0.2) is 4.79 Å². The van der Waals surface area contributed by atoms with E-state index in [0.29, 0.717) is 23.9 Å². The van der Waals surface area contributed by atoms with Gasteiger partial charge in [0.05, 0.1) is 13.7 Å². The summed E-state index contributed by atoms with van der Waals surface area (Å²) in [6, 6.07) is 2.32. The number of nitrogens with two attached hydrogens (primary N) is 1. The predicted octanol–water partition coefficient (Wildman–Crippen LogP) is 2.08. The van der Waals surface area contributed by atoms with Crippen molar-refractivity contribution < 1.29 is 13.9 Å². The van der Waals surface area contributed by atoms with Gasteiger partial charge in [0.15, 0.2) is 0 Å². The summed E-state index contributed by atoms with van der Waals surface area (Å²) in [6.45, 7) is 5.56. The van der Waals surface area contributed by atoms with Gasteiger partial charge in [-0.3, -0.25) is 4.90 Å². The van der Waals surface area contributed by atoms with E-state index in [1.165, 1.54) is 20.0 Å². The number of nitrogens with zero attached hydrogens (tertiary/aromatic N) is 1. The molecular formula is C15H24N2O3. The van der Waals surface area contributed by atoms with Crippen molar-refractivity contribution in [2.45, 2.75) is 51.7 Å². The summed E-state index contributed by atoms with van der Waals surface area (Å²) >= 11 is 0. The van der Waals surface area contributed by atoms with E-state index in [1.807, 2.05) is 0 Å². The van der Waals surface area contributed by atoms with E-state index in [0.717, 1.165) is 18.7 Å². The molecule has 1 aliphatic rings. The molecule has 2 rings (SSSR count). The number of likely N-dealkylation sites (tertiary alicyclic amines) is 1. The molecule has 0 radical (unpaired) electrons. The third-order valence-electron chi connectivity index (χ3n) is 4.00. The monoisotopic (exact) mass is 280 g/mol. The molecule has 1 aliphatic heterocycles. The first kappa shape index (κ1) is 15.1. The summed E-state index contributed by atoms with van der Waals surface area (Å²) in [5, 5.41) is 0. The number of rotatable bonds is 4. The molecule has 0 bridgehead atoms. The summed E-state index contributed by atoms with van der Waals surface area (Å²) < 4.78 is 10.4. The number of ether oxygens (including phenoxy) is 1. The summed E-state index contributed by atoms with van der Waals surface area (Å²) in [7, 11) is 1.38. The van der Waals surface area contributed by atoms with Crippen molar-refractivity contribution >= 4 is 5.97 Å². The van der Waals surface area contributed by atoms with Gasteiger partial charge in [0.25, 0.3) is 0 Å². The lowest BCUT2D eigenvalue weighted by Gasteiger charge is -2.37. The van der Waals surface area contributed by atoms with Crippen LogP contribution in [0.4, 0.5) is 0 Å². The topological polar surface area (TPSA) is 68.7 Å². The van der Waals surface area contributed by atoms with E-state index in [-0.39, 0.29) is 12.0 Å². The lowest BCUT2D eigenvalue weighted by Crippen LogP contribution is -2.48. The molecular weight excluding hydrogens is 256 g/mol. The molecule has 1 saturated heterocycles. The van der Waals surface area contributed by atoms with E-state index in [1.54, 1.807) is 13.0 Å². The standard InChI is InChI=1S/C15H24N2O3/c1-10(16)14-6-4-5-7-17(14)9-12-8-13(11(2)20-12)15(18)19-3/h8,10,14H,4-7,9,16H2,1-3H3. The van der Waals surface area contributed by atoms with Crippen molar-refractivity contribution in [3.63, 3.8) is 0 Å². The summed E-state index contributed by atoms with van der Waals surface area (Å²) in [6.07, 6.45) is 3.54. The van der Waals surface area contributed by atoms with Crippen LogP contribution in [-0.4, -0.2) is 36.6 Å². The van der Waals surface area contributed by atoms with Gasteiger partial charge in [0, 0.05) is 12.1 Å². The highest BCUT2D eigenvalue weighted by molar-refractivity contribution is 5.90. The van der Waals surface area contributed by atoms with Crippen LogP contribution in [0.3, 0.4) is 0 Å². The van der Waals surface area contributed by atoms with Crippen LogP contribution in [-0.2, 0) is 11.3 Å². The van der Waals surface area contributed by atoms with Crippen LogP contribution < -0.4 is 5.73 Å². The van der Waals surface area contributed by atoms with E-state index < -0.39 is 0 Å². The fourth-order valence-corrected chi connectivity index (χ4v) is 2.94. The number of carbonyl (C=O) groups excluding carboxylic acids is 1. The van der Waals surface area contributed by atoms with Gasteiger partial charge < -0.3 is 14.9 Å². The Morgan fingerprint density at radius 2 is 2.35 bits per heavy atom. The maximum absolute atomic E-state index is 11.6. The summed E-state index contributed by atoms with van der Waals surface area (Å²) in [5.41, 5.74) is 6.58. The molecule has 0 amide bonds. The first-order valence-corrected chi connectivity index (χ1v) is 7.20. The molecule has 1 fully saturated rings. The van der Waals surface area contributed by atoms with E-state index >= 15 is 0 Å². The smallest absolute Gasteiger partial charge is 0.341 e. The van der Waals surface area contributed by atoms with Crippen LogP contribution >= 0.6 is 0 Å². The molecule has 0 aromatic carbocycles. The maximum atomic E-state index is 11.6. The third-order valence-corrected chi connectivity index (χ3v) is 4.00. The van der Waals surface area contributed by atoms with Gasteiger partial charge in [0.1, 0.15) is 17.1 Å². The van der Waals surface area contributed by atoms with Crippen LogP contribution in [0.2, 0.25) is 0 Å². The zero-order valence-corrected chi connectivity index (χ0v) is 12.5. The fraction of sp³-hybridized carbons (Fsp3) is 0.667. The molecule has 2 unspecified atom stereocenters. The Bertz CT molecular complexity index is 468. The zero-order chi connectivity index (χ0) is 14.7. The van der Waals surface area contributed by atoms with Gasteiger partial charge >= 0.3 is 5.97 Å². The Hall–Kier alpha value is -1.33. The normalized spacial score (nSPS) is 21.7. The van der Waals surface area contributed by atoms with Crippen LogP contribution in [0.1, 0.15) is 48.1 Å². The van der Waals surface area contributed by atoms with Crippen molar-refractivity contribution in [2.24, 2.45) is 5.73 Å². The van der Waals surface area contributed by atoms with E-state index in [9.17, 15) is 4.79 Å². The largest absolute Gasteiger partial charge is 0.465 e. The lowest BCUT2D eigenvalue weighted by atomic mass is 9.97. The van der Waals surface area contributed by atoms with Crippen LogP contribution in [0, 0.1) is 6.92 Å². The second kappa shape index (κ2) is 6.41. The van der Waals surface area contributed by atoms with E-state index in [2.05, 4.69) is 11.8 Å². The first-order chi connectivity index (χ1) is 9.52. The van der Waals surface area contributed by atoms with E-state index in [4.69, 9.17) is 14.9 Å². The number of hydrogen-bond donors (Lipinski definition) is 1. The Kier molecular flexibility index (Phi) is 4.83. The second-order valence-corrected chi connectivity index (χ2v) is 5.57. The summed E-state index contributed by atoms with van der Waals surface area (Å²) in [4.78, 5) is 14.0. The van der Waals surface area contributed by atoms with Gasteiger partial charge in [0.2, 0.25) is 0 Å². The van der Waals surface area contributed by atoms with Crippen molar-refractivity contribution in [3.8, 4) is 0 Å². The highest BCUT2D eigenvalue weighted by Gasteiger charge is 2.27. The molecule has 0 saturated carbocycles. The van der Waals surface area contributed by atoms with Gasteiger partial charge in [-0.1, -0.05) is 6.42 Å². The van der Waals surface area contributed by atoms with Crippen molar-refractivity contribution in [1.82, 2.24) is 4.90 Å². The molecule has 5 heteroatoms.